The molecule has 0 N–H and O–H groups in total. The molecule has 56 valence electrons. The van der Waals surface area contributed by atoms with E-state index in [1.807, 2.05) is 6.07 Å². The van der Waals surface area contributed by atoms with Gasteiger partial charge < -0.3 is 0 Å². The maximum absolute atomic E-state index is 12.6. The summed E-state index contributed by atoms with van der Waals surface area (Å²) in [5.74, 6) is -0.299. The Bertz CT molecular complexity index is 303. The molecule has 3 heteroatoms. The molecule has 0 saturated carbocycles. The molecule has 1 aromatic carbocycles. The third-order valence-corrected chi connectivity index (χ3v) is 1.87. The summed E-state index contributed by atoms with van der Waals surface area (Å²) in [6.07, 6.45) is 0.318. The van der Waals surface area contributed by atoms with Gasteiger partial charge in [-0.2, -0.15) is 5.26 Å². The fraction of sp³-hybridized carbons (Fsp3) is 0.125. The minimum atomic E-state index is -0.299. The molecule has 0 fully saturated rings. The van der Waals surface area contributed by atoms with E-state index in [2.05, 4.69) is 15.9 Å². The zero-order valence-corrected chi connectivity index (χ0v) is 7.23. The van der Waals surface area contributed by atoms with Crippen LogP contribution in [0.1, 0.15) is 5.56 Å². The highest BCUT2D eigenvalue weighted by Gasteiger charge is 1.98. The Balaban J connectivity index is 2.98. The third-order valence-electron chi connectivity index (χ3n) is 1.27. The van der Waals surface area contributed by atoms with Crippen molar-refractivity contribution in [2.75, 3.05) is 0 Å². The van der Waals surface area contributed by atoms with E-state index >= 15 is 0 Å². The fourth-order valence-corrected chi connectivity index (χ4v) is 1.17. The molecule has 1 rings (SSSR count). The Morgan fingerprint density at radius 2 is 2.27 bits per heavy atom. The molecule has 0 aliphatic carbocycles. The highest BCUT2D eigenvalue weighted by molar-refractivity contribution is 9.10. The molecule has 11 heavy (non-hydrogen) atoms. The van der Waals surface area contributed by atoms with E-state index in [0.717, 1.165) is 5.56 Å². The molecule has 0 aliphatic rings. The predicted molar refractivity (Wildman–Crippen MR) is 43.4 cm³/mol. The van der Waals surface area contributed by atoms with Gasteiger partial charge in [-0.05, 0) is 33.6 Å². The molecular formula is C8H5BrFN. The van der Waals surface area contributed by atoms with Gasteiger partial charge in [-0.3, -0.25) is 0 Å². The van der Waals surface area contributed by atoms with Gasteiger partial charge in [0.05, 0.1) is 17.0 Å². The van der Waals surface area contributed by atoms with Crippen molar-refractivity contribution in [2.24, 2.45) is 0 Å². The van der Waals surface area contributed by atoms with Gasteiger partial charge in [-0.15, -0.1) is 0 Å². The quantitative estimate of drug-likeness (QED) is 0.704. The predicted octanol–water partition coefficient (Wildman–Crippen LogP) is 2.65. The van der Waals surface area contributed by atoms with Crippen LogP contribution in [-0.2, 0) is 6.42 Å². The minimum absolute atomic E-state index is 0.299. The van der Waals surface area contributed by atoms with Crippen molar-refractivity contribution in [3.63, 3.8) is 0 Å². The van der Waals surface area contributed by atoms with E-state index in [4.69, 9.17) is 5.26 Å². The molecule has 0 saturated heterocycles. The Morgan fingerprint density at radius 1 is 1.55 bits per heavy atom. The van der Waals surface area contributed by atoms with Crippen LogP contribution in [0.3, 0.4) is 0 Å². The van der Waals surface area contributed by atoms with Crippen LogP contribution < -0.4 is 0 Å². The lowest BCUT2D eigenvalue weighted by atomic mass is 10.2. The number of nitriles is 1. The minimum Gasteiger partial charge on any atom is -0.206 e. The van der Waals surface area contributed by atoms with E-state index in [0.29, 0.717) is 10.9 Å². The van der Waals surface area contributed by atoms with Gasteiger partial charge in [-0.25, -0.2) is 4.39 Å². The van der Waals surface area contributed by atoms with Gasteiger partial charge >= 0.3 is 0 Å². The first kappa shape index (κ1) is 8.22. The first-order chi connectivity index (χ1) is 5.24. The van der Waals surface area contributed by atoms with Crippen LogP contribution in [0.5, 0.6) is 0 Å². The Morgan fingerprint density at radius 3 is 2.82 bits per heavy atom. The molecule has 0 atom stereocenters. The van der Waals surface area contributed by atoms with Gasteiger partial charge in [0.25, 0.3) is 0 Å². The van der Waals surface area contributed by atoms with E-state index in [1.54, 1.807) is 12.1 Å². The average molecular weight is 214 g/mol. The summed E-state index contributed by atoms with van der Waals surface area (Å²) < 4.78 is 13.0. The Labute approximate surface area is 72.6 Å². The van der Waals surface area contributed by atoms with Crippen LogP contribution in [-0.4, -0.2) is 0 Å². The smallest absolute Gasteiger partial charge is 0.137 e. The molecular weight excluding hydrogens is 209 g/mol. The monoisotopic (exact) mass is 213 g/mol. The normalized spacial score (nSPS) is 9.18. The lowest BCUT2D eigenvalue weighted by Crippen LogP contribution is -1.83. The molecule has 0 aliphatic heterocycles. The maximum atomic E-state index is 12.6. The number of rotatable bonds is 1. The lowest BCUT2D eigenvalue weighted by Gasteiger charge is -1.96. The SMILES string of the molecule is N#CCc1ccc(F)c(Br)c1. The van der Waals surface area contributed by atoms with Crippen molar-refractivity contribution in [3.05, 3.63) is 34.1 Å². The van der Waals surface area contributed by atoms with Crippen molar-refractivity contribution in [3.8, 4) is 6.07 Å². The molecule has 1 nitrogen and oxygen atoms in total. The summed E-state index contributed by atoms with van der Waals surface area (Å²) in [5.41, 5.74) is 0.820. The second-order valence-corrected chi connectivity index (χ2v) is 2.94. The van der Waals surface area contributed by atoms with Crippen molar-refractivity contribution < 1.29 is 4.39 Å². The molecule has 0 bridgehead atoms. The molecule has 0 radical (unpaired) electrons. The van der Waals surface area contributed by atoms with Crippen LogP contribution in [0.15, 0.2) is 22.7 Å². The zero-order chi connectivity index (χ0) is 8.27. The van der Waals surface area contributed by atoms with Crippen LogP contribution in [0, 0.1) is 17.1 Å². The molecule has 0 heterocycles. The number of hydrogen-bond donors (Lipinski definition) is 0. The summed E-state index contributed by atoms with van der Waals surface area (Å²) in [5, 5.41) is 8.32. The van der Waals surface area contributed by atoms with Gasteiger partial charge in [-0.1, -0.05) is 6.07 Å². The largest absolute Gasteiger partial charge is 0.206 e. The van der Waals surface area contributed by atoms with Crippen LogP contribution >= 0.6 is 15.9 Å². The Hall–Kier alpha value is -0.880. The van der Waals surface area contributed by atoms with Crippen LogP contribution in [0.2, 0.25) is 0 Å². The van der Waals surface area contributed by atoms with E-state index in [-0.39, 0.29) is 5.82 Å². The first-order valence-corrected chi connectivity index (χ1v) is 3.84. The fourth-order valence-electron chi connectivity index (χ4n) is 0.741. The number of benzene rings is 1. The summed E-state index contributed by atoms with van der Waals surface area (Å²) in [6.45, 7) is 0. The van der Waals surface area contributed by atoms with Crippen LogP contribution in [0.25, 0.3) is 0 Å². The van der Waals surface area contributed by atoms with E-state index in [9.17, 15) is 4.39 Å². The highest BCUT2D eigenvalue weighted by Crippen LogP contribution is 2.16. The van der Waals surface area contributed by atoms with Gasteiger partial charge in [0.2, 0.25) is 0 Å². The summed E-state index contributed by atoms with van der Waals surface area (Å²) >= 11 is 3.03. The molecule has 1 aromatic rings. The van der Waals surface area contributed by atoms with Crippen molar-refractivity contribution >= 4 is 15.9 Å². The second-order valence-electron chi connectivity index (χ2n) is 2.08. The van der Waals surface area contributed by atoms with Crippen molar-refractivity contribution in [2.45, 2.75) is 6.42 Å². The summed E-state index contributed by atoms with van der Waals surface area (Å²) in [6, 6.07) is 6.54. The zero-order valence-electron chi connectivity index (χ0n) is 5.64. The number of nitrogens with zero attached hydrogens (tertiary/aromatic N) is 1. The van der Waals surface area contributed by atoms with Crippen LogP contribution in [0.4, 0.5) is 4.39 Å². The number of halogens is 2. The van der Waals surface area contributed by atoms with Crippen molar-refractivity contribution in [1.29, 1.82) is 5.26 Å². The van der Waals surface area contributed by atoms with E-state index < -0.39 is 0 Å². The maximum Gasteiger partial charge on any atom is 0.137 e. The highest BCUT2D eigenvalue weighted by atomic mass is 79.9. The van der Waals surface area contributed by atoms with Gasteiger partial charge in [0, 0.05) is 0 Å². The number of hydrogen-bond acceptors (Lipinski definition) is 1. The Kier molecular flexibility index (Phi) is 2.61. The molecule has 0 aromatic heterocycles. The standard InChI is InChI=1S/C8H5BrFN/c9-7-5-6(3-4-11)1-2-8(7)10/h1-2,5H,3H2. The summed E-state index contributed by atoms with van der Waals surface area (Å²) in [7, 11) is 0. The molecule has 0 unspecified atom stereocenters. The first-order valence-electron chi connectivity index (χ1n) is 3.05. The average Bonchev–Trinajstić information content (AvgIpc) is 1.98. The third kappa shape index (κ3) is 2.02. The van der Waals surface area contributed by atoms with Gasteiger partial charge in [0.1, 0.15) is 5.82 Å². The molecule has 0 spiro atoms. The van der Waals surface area contributed by atoms with Gasteiger partial charge in [0.15, 0.2) is 0 Å². The van der Waals surface area contributed by atoms with Crippen molar-refractivity contribution in [1.82, 2.24) is 0 Å². The van der Waals surface area contributed by atoms with E-state index in [1.165, 1.54) is 6.07 Å². The lowest BCUT2D eigenvalue weighted by molar-refractivity contribution is 0.620. The molecule has 0 amide bonds. The second kappa shape index (κ2) is 3.49. The topological polar surface area (TPSA) is 23.8 Å². The summed E-state index contributed by atoms with van der Waals surface area (Å²) in [4.78, 5) is 0.